The highest BCUT2D eigenvalue weighted by molar-refractivity contribution is 7.89. The lowest BCUT2D eigenvalue weighted by Gasteiger charge is -2.35. The van der Waals surface area contributed by atoms with Gasteiger partial charge in [0.1, 0.15) is 5.75 Å². The van der Waals surface area contributed by atoms with Crippen molar-refractivity contribution in [2.75, 3.05) is 39.8 Å². The van der Waals surface area contributed by atoms with Gasteiger partial charge in [-0.05, 0) is 49.7 Å². The Morgan fingerprint density at radius 1 is 1.06 bits per heavy atom. The van der Waals surface area contributed by atoms with E-state index in [1.54, 1.807) is 31.4 Å². The van der Waals surface area contributed by atoms with Gasteiger partial charge in [0.25, 0.3) is 0 Å². The van der Waals surface area contributed by atoms with Gasteiger partial charge in [-0.15, -0.1) is 0 Å². The second kappa shape index (κ2) is 8.63. The van der Waals surface area contributed by atoms with Gasteiger partial charge in [-0.2, -0.15) is 4.31 Å². The number of aliphatic hydroxyl groups excluding tert-OH is 1. The van der Waals surface area contributed by atoms with Gasteiger partial charge >= 0.3 is 0 Å². The van der Waals surface area contributed by atoms with E-state index in [1.807, 2.05) is 19.9 Å². The number of aromatic amines is 1. The van der Waals surface area contributed by atoms with E-state index < -0.39 is 16.1 Å². The molecule has 166 valence electrons. The first-order valence-electron chi connectivity index (χ1n) is 10.4. The summed E-state index contributed by atoms with van der Waals surface area (Å²) in [5.41, 5.74) is 4.09. The van der Waals surface area contributed by atoms with Crippen LogP contribution < -0.4 is 4.74 Å². The number of fused-ring (bicyclic) bond motifs is 1. The molecule has 1 fully saturated rings. The molecule has 0 bridgehead atoms. The zero-order chi connectivity index (χ0) is 22.2. The fraction of sp³-hybridized carbons (Fsp3) is 0.391. The Bertz CT molecular complexity index is 1160. The predicted octanol–water partition coefficient (Wildman–Crippen LogP) is 2.83. The lowest BCUT2D eigenvalue weighted by molar-refractivity contribution is 0.0926. The molecule has 8 heteroatoms. The van der Waals surface area contributed by atoms with Crippen LogP contribution >= 0.6 is 0 Å². The van der Waals surface area contributed by atoms with E-state index in [4.69, 9.17) is 4.74 Å². The summed E-state index contributed by atoms with van der Waals surface area (Å²) in [6.45, 7) is 6.44. The molecule has 2 aromatic carbocycles. The van der Waals surface area contributed by atoms with E-state index in [1.165, 1.54) is 9.87 Å². The molecule has 0 unspecified atom stereocenters. The number of benzene rings is 2. The number of nitrogens with zero attached hydrogens (tertiary/aromatic N) is 2. The molecule has 0 radical (unpaired) electrons. The number of methoxy groups -OCH3 is 1. The van der Waals surface area contributed by atoms with Crippen LogP contribution in [0.5, 0.6) is 5.75 Å². The number of aliphatic hydroxyl groups is 1. The van der Waals surface area contributed by atoms with Crippen molar-refractivity contribution < 1.29 is 18.3 Å². The molecule has 1 aliphatic heterocycles. The van der Waals surface area contributed by atoms with Crippen LogP contribution in [0.25, 0.3) is 10.9 Å². The van der Waals surface area contributed by atoms with E-state index in [0.29, 0.717) is 38.5 Å². The third kappa shape index (κ3) is 4.34. The molecule has 2 N–H and O–H groups in total. The second-order valence-electron chi connectivity index (χ2n) is 8.11. The normalized spacial score (nSPS) is 17.2. The molecule has 7 nitrogen and oxygen atoms in total. The number of H-pyrrole nitrogens is 1. The minimum Gasteiger partial charge on any atom is -0.497 e. The third-order valence-corrected chi connectivity index (χ3v) is 7.90. The molecule has 1 aromatic heterocycles. The fourth-order valence-corrected chi connectivity index (χ4v) is 5.70. The van der Waals surface area contributed by atoms with Crippen molar-refractivity contribution >= 4 is 20.9 Å². The van der Waals surface area contributed by atoms with Gasteiger partial charge in [0, 0.05) is 54.9 Å². The molecule has 1 saturated heterocycles. The summed E-state index contributed by atoms with van der Waals surface area (Å²) in [6, 6.07) is 12.6. The molecule has 2 heterocycles. The van der Waals surface area contributed by atoms with Gasteiger partial charge in [0.15, 0.2) is 0 Å². The third-order valence-electron chi connectivity index (χ3n) is 5.98. The van der Waals surface area contributed by atoms with Gasteiger partial charge in [-0.3, -0.25) is 4.90 Å². The van der Waals surface area contributed by atoms with E-state index in [2.05, 4.69) is 22.0 Å². The summed E-state index contributed by atoms with van der Waals surface area (Å²) < 4.78 is 32.5. The van der Waals surface area contributed by atoms with Gasteiger partial charge in [-0.25, -0.2) is 8.42 Å². The Balaban J connectivity index is 1.41. The molecule has 0 spiro atoms. The number of aromatic nitrogens is 1. The summed E-state index contributed by atoms with van der Waals surface area (Å²) in [6.07, 6.45) is -0.638. The molecule has 0 saturated carbocycles. The highest BCUT2D eigenvalue weighted by atomic mass is 32.2. The van der Waals surface area contributed by atoms with E-state index in [0.717, 1.165) is 22.2 Å². The molecule has 1 atom stereocenters. The number of ether oxygens (including phenoxy) is 1. The molecule has 0 amide bonds. The number of hydrogen-bond donors (Lipinski definition) is 2. The highest BCUT2D eigenvalue weighted by Crippen LogP contribution is 2.29. The fourth-order valence-electron chi connectivity index (χ4n) is 4.28. The first-order valence-corrected chi connectivity index (χ1v) is 11.9. The van der Waals surface area contributed by atoms with Gasteiger partial charge in [-0.1, -0.05) is 12.1 Å². The van der Waals surface area contributed by atoms with Crippen molar-refractivity contribution in [3.8, 4) is 5.75 Å². The Morgan fingerprint density at radius 3 is 2.39 bits per heavy atom. The Kier molecular flexibility index (Phi) is 6.07. The summed E-state index contributed by atoms with van der Waals surface area (Å²) >= 11 is 0. The van der Waals surface area contributed by atoms with Crippen LogP contribution in [0, 0.1) is 13.8 Å². The number of hydrogen-bond acceptors (Lipinski definition) is 5. The van der Waals surface area contributed by atoms with Crippen LogP contribution in [0.1, 0.15) is 22.9 Å². The highest BCUT2D eigenvalue weighted by Gasteiger charge is 2.30. The van der Waals surface area contributed by atoms with E-state index in [-0.39, 0.29) is 4.90 Å². The standard InChI is InChI=1S/C23H29N3O4S/c1-16-4-9-20-21(14-16)24-17(2)23(20)22(27)15-25-10-12-26(13-11-25)31(28,29)19-7-5-18(30-3)6-8-19/h4-9,14,22,24,27H,10-13,15H2,1-3H3/t22-/m1/s1. The summed E-state index contributed by atoms with van der Waals surface area (Å²) in [7, 11) is -1.99. The first kappa shape index (κ1) is 21.8. The van der Waals surface area contributed by atoms with Crippen LogP contribution in [-0.2, 0) is 10.0 Å². The maximum absolute atomic E-state index is 12.9. The number of aryl methyl sites for hydroxylation is 2. The maximum Gasteiger partial charge on any atom is 0.243 e. The van der Waals surface area contributed by atoms with Crippen LogP contribution in [0.3, 0.4) is 0 Å². The van der Waals surface area contributed by atoms with Crippen LogP contribution in [0.15, 0.2) is 47.4 Å². The number of β-amino-alcohol motifs (C(OH)–C–C–N with tert-alkyl or cyclic N) is 1. The smallest absolute Gasteiger partial charge is 0.243 e. The molecule has 31 heavy (non-hydrogen) atoms. The quantitative estimate of drug-likeness (QED) is 0.612. The number of sulfonamides is 1. The Morgan fingerprint density at radius 2 is 1.74 bits per heavy atom. The average molecular weight is 444 g/mol. The Hall–Kier alpha value is -2.39. The van der Waals surface area contributed by atoms with Crippen molar-refractivity contribution in [3.63, 3.8) is 0 Å². The van der Waals surface area contributed by atoms with Crippen molar-refractivity contribution in [1.29, 1.82) is 0 Å². The van der Waals surface area contributed by atoms with Gasteiger partial charge in [0.05, 0.1) is 18.1 Å². The second-order valence-corrected chi connectivity index (χ2v) is 10.0. The lowest BCUT2D eigenvalue weighted by atomic mass is 10.0. The zero-order valence-corrected chi connectivity index (χ0v) is 18.9. The minimum atomic E-state index is -3.54. The summed E-state index contributed by atoms with van der Waals surface area (Å²) in [5.74, 6) is 0.625. The number of nitrogens with one attached hydrogen (secondary N) is 1. The molecule has 3 aromatic rings. The monoisotopic (exact) mass is 443 g/mol. The van der Waals surface area contributed by atoms with Crippen molar-refractivity contribution in [2.24, 2.45) is 0 Å². The summed E-state index contributed by atoms with van der Waals surface area (Å²) in [5, 5.41) is 12.0. The maximum atomic E-state index is 12.9. The molecular formula is C23H29N3O4S. The number of piperazine rings is 1. The molecule has 1 aliphatic rings. The zero-order valence-electron chi connectivity index (χ0n) is 18.1. The number of rotatable bonds is 6. The minimum absolute atomic E-state index is 0.270. The molecular weight excluding hydrogens is 414 g/mol. The summed E-state index contributed by atoms with van der Waals surface area (Å²) in [4.78, 5) is 5.76. The predicted molar refractivity (Wildman–Crippen MR) is 121 cm³/mol. The van der Waals surface area contributed by atoms with Crippen molar-refractivity contribution in [1.82, 2.24) is 14.2 Å². The Labute approximate surface area is 183 Å². The van der Waals surface area contributed by atoms with Crippen molar-refractivity contribution in [2.45, 2.75) is 24.8 Å². The molecule has 4 rings (SSSR count). The van der Waals surface area contributed by atoms with Gasteiger partial charge < -0.3 is 14.8 Å². The van der Waals surface area contributed by atoms with Crippen LogP contribution in [0.4, 0.5) is 0 Å². The largest absolute Gasteiger partial charge is 0.497 e. The average Bonchev–Trinajstić information content (AvgIpc) is 3.09. The van der Waals surface area contributed by atoms with E-state index >= 15 is 0 Å². The lowest BCUT2D eigenvalue weighted by Crippen LogP contribution is -2.49. The molecule has 0 aliphatic carbocycles. The van der Waals surface area contributed by atoms with E-state index in [9.17, 15) is 13.5 Å². The SMILES string of the molecule is COc1ccc(S(=O)(=O)N2CCN(C[C@@H](O)c3c(C)[nH]c4cc(C)ccc34)CC2)cc1. The van der Waals surface area contributed by atoms with Crippen LogP contribution in [0.2, 0.25) is 0 Å². The first-order chi connectivity index (χ1) is 14.8. The topological polar surface area (TPSA) is 85.9 Å². The van der Waals surface area contributed by atoms with Crippen LogP contribution in [-0.4, -0.2) is 67.5 Å². The van der Waals surface area contributed by atoms with Crippen molar-refractivity contribution in [3.05, 3.63) is 59.3 Å². The van der Waals surface area contributed by atoms with Gasteiger partial charge in [0.2, 0.25) is 10.0 Å².